The molecule has 2 N–H and O–H groups in total. The first-order valence-electron chi connectivity index (χ1n) is 5.41. The molecule has 0 bridgehead atoms. The molecule has 7 heteroatoms. The molecule has 1 aromatic carbocycles. The molecule has 0 aliphatic heterocycles. The Labute approximate surface area is 121 Å². The lowest BCUT2D eigenvalue weighted by molar-refractivity contribution is 0.253. The third kappa shape index (κ3) is 3.81. The van der Waals surface area contributed by atoms with Crippen molar-refractivity contribution in [3.8, 4) is 5.75 Å². The van der Waals surface area contributed by atoms with Crippen molar-refractivity contribution in [1.82, 2.24) is 4.72 Å². The van der Waals surface area contributed by atoms with E-state index in [-0.39, 0.29) is 17.3 Å². The molecule has 0 heterocycles. The number of hydrogen-bond acceptors (Lipinski definition) is 4. The van der Waals surface area contributed by atoms with Crippen molar-refractivity contribution in [3.05, 3.63) is 21.8 Å². The minimum atomic E-state index is -3.69. The van der Waals surface area contributed by atoms with Crippen molar-refractivity contribution in [2.75, 3.05) is 13.7 Å². The second-order valence-electron chi connectivity index (χ2n) is 3.70. The molecule has 102 valence electrons. The summed E-state index contributed by atoms with van der Waals surface area (Å²) in [5.74, 6) is 0.288. The van der Waals surface area contributed by atoms with Crippen LogP contribution >= 0.6 is 22.6 Å². The van der Waals surface area contributed by atoms with Gasteiger partial charge in [-0.3, -0.25) is 0 Å². The van der Waals surface area contributed by atoms with Crippen LogP contribution in [0.3, 0.4) is 0 Å². The van der Waals surface area contributed by atoms with E-state index in [1.807, 2.05) is 22.6 Å². The number of methoxy groups -OCH3 is 1. The maximum Gasteiger partial charge on any atom is 0.244 e. The molecular weight excluding hydrogens is 369 g/mol. The highest BCUT2D eigenvalue weighted by molar-refractivity contribution is 14.1. The molecule has 1 atom stereocenters. The lowest BCUT2D eigenvalue weighted by atomic mass is 10.3. The highest BCUT2D eigenvalue weighted by atomic mass is 127. The average molecular weight is 385 g/mol. The minimum absolute atomic E-state index is 0.0869. The predicted octanol–water partition coefficient (Wildman–Crippen LogP) is 1.35. The Morgan fingerprint density at radius 1 is 1.50 bits per heavy atom. The zero-order valence-electron chi connectivity index (χ0n) is 10.2. The standard InChI is InChI=1S/C11H16INO4S/c1-3-9(7-14)13-18(15,16)11-6-8(12)4-5-10(11)17-2/h4-6,9,13-14H,3,7H2,1-2H3/t9-/m0/s1. The molecule has 18 heavy (non-hydrogen) atoms. The lowest BCUT2D eigenvalue weighted by Gasteiger charge is -2.16. The highest BCUT2D eigenvalue weighted by Gasteiger charge is 2.22. The van der Waals surface area contributed by atoms with E-state index >= 15 is 0 Å². The second kappa shape index (κ2) is 6.69. The van der Waals surface area contributed by atoms with E-state index in [0.29, 0.717) is 6.42 Å². The monoisotopic (exact) mass is 385 g/mol. The largest absolute Gasteiger partial charge is 0.495 e. The quantitative estimate of drug-likeness (QED) is 0.725. The van der Waals surface area contributed by atoms with Crippen LogP contribution in [-0.4, -0.2) is 33.3 Å². The number of aliphatic hydroxyl groups excluding tert-OH is 1. The van der Waals surface area contributed by atoms with Gasteiger partial charge in [-0.25, -0.2) is 13.1 Å². The number of rotatable bonds is 6. The maximum absolute atomic E-state index is 12.2. The lowest BCUT2D eigenvalue weighted by Crippen LogP contribution is -2.37. The van der Waals surface area contributed by atoms with Crippen LogP contribution in [0.1, 0.15) is 13.3 Å². The zero-order valence-corrected chi connectivity index (χ0v) is 13.2. The van der Waals surface area contributed by atoms with Gasteiger partial charge in [-0.15, -0.1) is 0 Å². The Morgan fingerprint density at radius 2 is 2.17 bits per heavy atom. The molecule has 0 saturated carbocycles. The maximum atomic E-state index is 12.2. The first kappa shape index (κ1) is 15.7. The van der Waals surface area contributed by atoms with Crippen LogP contribution in [0.25, 0.3) is 0 Å². The van der Waals surface area contributed by atoms with E-state index in [2.05, 4.69) is 4.72 Å². The van der Waals surface area contributed by atoms with Gasteiger partial charge >= 0.3 is 0 Å². The molecule has 0 aliphatic rings. The minimum Gasteiger partial charge on any atom is -0.495 e. The van der Waals surface area contributed by atoms with Gasteiger partial charge < -0.3 is 9.84 Å². The summed E-state index contributed by atoms with van der Waals surface area (Å²) < 4.78 is 32.7. The van der Waals surface area contributed by atoms with E-state index < -0.39 is 16.1 Å². The fraction of sp³-hybridized carbons (Fsp3) is 0.455. The third-order valence-electron chi connectivity index (χ3n) is 2.45. The Bertz CT molecular complexity index is 500. The van der Waals surface area contributed by atoms with Gasteiger partial charge in [0.25, 0.3) is 0 Å². The fourth-order valence-corrected chi connectivity index (χ4v) is 3.60. The van der Waals surface area contributed by atoms with Gasteiger partial charge in [-0.2, -0.15) is 0 Å². The molecule has 0 aromatic heterocycles. The topological polar surface area (TPSA) is 75.6 Å². The van der Waals surface area contributed by atoms with Crippen molar-refractivity contribution in [1.29, 1.82) is 0 Å². The van der Waals surface area contributed by atoms with Crippen LogP contribution < -0.4 is 9.46 Å². The van der Waals surface area contributed by atoms with E-state index in [9.17, 15) is 8.42 Å². The number of benzene rings is 1. The van der Waals surface area contributed by atoms with Crippen LogP contribution in [-0.2, 0) is 10.0 Å². The normalized spacial score (nSPS) is 13.3. The summed E-state index contributed by atoms with van der Waals surface area (Å²) in [4.78, 5) is 0.0869. The van der Waals surface area contributed by atoms with Gasteiger partial charge in [0.1, 0.15) is 10.6 Å². The van der Waals surface area contributed by atoms with Crippen molar-refractivity contribution >= 4 is 32.6 Å². The number of ether oxygens (including phenoxy) is 1. The first-order chi connectivity index (χ1) is 8.44. The number of hydrogen-bond donors (Lipinski definition) is 2. The summed E-state index contributed by atoms with van der Waals surface area (Å²) in [6.07, 6.45) is 0.516. The van der Waals surface area contributed by atoms with E-state index in [1.165, 1.54) is 13.2 Å². The van der Waals surface area contributed by atoms with Crippen LogP contribution in [0.2, 0.25) is 0 Å². The van der Waals surface area contributed by atoms with Crippen LogP contribution in [0.4, 0.5) is 0 Å². The molecule has 0 saturated heterocycles. The molecule has 0 aliphatic carbocycles. The van der Waals surface area contributed by atoms with Gasteiger partial charge in [-0.1, -0.05) is 6.92 Å². The molecule has 0 amide bonds. The Kier molecular flexibility index (Phi) is 5.83. The molecule has 0 fully saturated rings. The van der Waals surface area contributed by atoms with Crippen molar-refractivity contribution in [3.63, 3.8) is 0 Å². The molecule has 0 unspecified atom stereocenters. The van der Waals surface area contributed by atoms with Gasteiger partial charge in [0.2, 0.25) is 10.0 Å². The third-order valence-corrected chi connectivity index (χ3v) is 4.66. The Hall–Kier alpha value is -0.380. The SMILES string of the molecule is CC[C@@H](CO)NS(=O)(=O)c1cc(I)ccc1OC. The van der Waals surface area contributed by atoms with Gasteiger partial charge in [0, 0.05) is 9.61 Å². The first-order valence-corrected chi connectivity index (χ1v) is 7.97. The van der Waals surface area contributed by atoms with Crippen molar-refractivity contribution < 1.29 is 18.3 Å². The predicted molar refractivity (Wildman–Crippen MR) is 77.2 cm³/mol. The molecule has 0 radical (unpaired) electrons. The molecule has 0 spiro atoms. The summed E-state index contributed by atoms with van der Waals surface area (Å²) in [6, 6.07) is 4.42. The highest BCUT2D eigenvalue weighted by Crippen LogP contribution is 2.25. The number of halogens is 1. The summed E-state index contributed by atoms with van der Waals surface area (Å²) in [5, 5.41) is 9.06. The zero-order chi connectivity index (χ0) is 13.8. The summed E-state index contributed by atoms with van der Waals surface area (Å²) in [6.45, 7) is 1.57. The van der Waals surface area contributed by atoms with Gasteiger partial charge in [0.15, 0.2) is 0 Å². The van der Waals surface area contributed by atoms with E-state index in [0.717, 1.165) is 3.57 Å². The summed E-state index contributed by atoms with van der Waals surface area (Å²) in [7, 11) is -2.27. The Morgan fingerprint density at radius 3 is 2.67 bits per heavy atom. The second-order valence-corrected chi connectivity index (χ2v) is 6.63. The molecule has 1 aromatic rings. The van der Waals surface area contributed by atoms with Crippen LogP contribution in [0.5, 0.6) is 5.75 Å². The average Bonchev–Trinajstić information content (AvgIpc) is 2.36. The van der Waals surface area contributed by atoms with Crippen LogP contribution in [0.15, 0.2) is 23.1 Å². The number of sulfonamides is 1. The summed E-state index contributed by atoms with van der Waals surface area (Å²) >= 11 is 2.03. The fourth-order valence-electron chi connectivity index (χ4n) is 1.39. The van der Waals surface area contributed by atoms with E-state index in [4.69, 9.17) is 9.84 Å². The van der Waals surface area contributed by atoms with Crippen molar-refractivity contribution in [2.24, 2.45) is 0 Å². The van der Waals surface area contributed by atoms with Gasteiger partial charge in [0.05, 0.1) is 13.7 Å². The van der Waals surface area contributed by atoms with Gasteiger partial charge in [-0.05, 0) is 47.2 Å². The molecule has 1 rings (SSSR count). The van der Waals surface area contributed by atoms with Crippen LogP contribution in [0, 0.1) is 3.57 Å². The van der Waals surface area contributed by atoms with Crippen molar-refractivity contribution in [2.45, 2.75) is 24.3 Å². The number of nitrogens with one attached hydrogen (secondary N) is 1. The summed E-state index contributed by atoms with van der Waals surface area (Å²) in [5.41, 5.74) is 0. The number of aliphatic hydroxyl groups is 1. The molecular formula is C11H16INO4S. The van der Waals surface area contributed by atoms with E-state index in [1.54, 1.807) is 19.1 Å². The smallest absolute Gasteiger partial charge is 0.244 e. The Balaban J connectivity index is 3.15. The molecule has 5 nitrogen and oxygen atoms in total.